The summed E-state index contributed by atoms with van der Waals surface area (Å²) in [7, 11) is 2.20. The van der Waals surface area contributed by atoms with Crippen LogP contribution in [0.15, 0.2) is 35.3 Å². The van der Waals surface area contributed by atoms with Crippen LogP contribution in [-0.2, 0) is 11.2 Å². The number of guanidine groups is 1. The fraction of sp³-hybridized carbons (Fsp3) is 0.680. The molecular formula is C25H42N6O. The van der Waals surface area contributed by atoms with Gasteiger partial charge in [0.1, 0.15) is 0 Å². The number of aliphatic imine (C=N–C) groups is 1. The van der Waals surface area contributed by atoms with E-state index in [0.717, 1.165) is 45.0 Å². The van der Waals surface area contributed by atoms with Gasteiger partial charge in [0.05, 0.1) is 0 Å². The number of likely N-dealkylation sites (tertiary alicyclic amines) is 1. The minimum absolute atomic E-state index is 0.267. The molecule has 1 unspecified atom stereocenters. The number of nitrogens with one attached hydrogen (secondary N) is 2. The lowest BCUT2D eigenvalue weighted by molar-refractivity contribution is -0.127. The molecule has 32 heavy (non-hydrogen) atoms. The van der Waals surface area contributed by atoms with Gasteiger partial charge in [-0.3, -0.25) is 9.79 Å². The molecule has 1 amide bonds. The number of carbonyl (C=O) groups excluding carboxylic acids is 1. The van der Waals surface area contributed by atoms with E-state index >= 15 is 0 Å². The maximum Gasteiger partial charge on any atom is 0.223 e. The summed E-state index contributed by atoms with van der Waals surface area (Å²) in [6.07, 6.45) is 3.89. The number of unbranched alkanes of at least 4 members (excludes halogenated alkanes) is 1. The van der Waals surface area contributed by atoms with E-state index in [1.165, 1.54) is 44.7 Å². The van der Waals surface area contributed by atoms with E-state index in [4.69, 9.17) is 4.99 Å². The summed E-state index contributed by atoms with van der Waals surface area (Å²) in [4.78, 5) is 24.2. The van der Waals surface area contributed by atoms with E-state index in [1.54, 1.807) is 0 Å². The summed E-state index contributed by atoms with van der Waals surface area (Å²) in [5.41, 5.74) is 1.29. The molecule has 2 aliphatic rings. The van der Waals surface area contributed by atoms with Gasteiger partial charge < -0.3 is 25.3 Å². The van der Waals surface area contributed by atoms with Crippen molar-refractivity contribution in [1.82, 2.24) is 25.3 Å². The van der Waals surface area contributed by atoms with Gasteiger partial charge in [0.15, 0.2) is 5.96 Å². The number of benzene rings is 1. The molecule has 0 aliphatic carbocycles. The quantitative estimate of drug-likeness (QED) is 0.310. The molecule has 1 atom stereocenters. The largest absolute Gasteiger partial charge is 0.357 e. The highest BCUT2D eigenvalue weighted by Gasteiger charge is 2.29. The van der Waals surface area contributed by atoms with E-state index in [1.807, 2.05) is 11.0 Å². The smallest absolute Gasteiger partial charge is 0.223 e. The molecule has 1 aromatic rings. The minimum Gasteiger partial charge on any atom is -0.357 e. The Balaban J connectivity index is 1.33. The summed E-state index contributed by atoms with van der Waals surface area (Å²) in [6, 6.07) is 10.4. The van der Waals surface area contributed by atoms with Gasteiger partial charge in [0.2, 0.25) is 5.91 Å². The van der Waals surface area contributed by atoms with Crippen molar-refractivity contribution >= 4 is 11.9 Å². The van der Waals surface area contributed by atoms with Gasteiger partial charge in [-0.15, -0.1) is 0 Å². The predicted molar refractivity (Wildman–Crippen MR) is 132 cm³/mol. The Labute approximate surface area is 194 Å². The van der Waals surface area contributed by atoms with Crippen LogP contribution in [0, 0.1) is 5.92 Å². The van der Waals surface area contributed by atoms with Crippen molar-refractivity contribution in [2.45, 2.75) is 32.6 Å². The fourth-order valence-corrected chi connectivity index (χ4v) is 4.40. The average Bonchev–Trinajstić information content (AvgIpc) is 3.17. The van der Waals surface area contributed by atoms with E-state index < -0.39 is 0 Å². The second-order valence-corrected chi connectivity index (χ2v) is 9.14. The molecule has 1 aromatic carbocycles. The van der Waals surface area contributed by atoms with E-state index in [-0.39, 0.29) is 5.91 Å². The molecule has 2 fully saturated rings. The third kappa shape index (κ3) is 8.43. The summed E-state index contributed by atoms with van der Waals surface area (Å²) < 4.78 is 0. The van der Waals surface area contributed by atoms with Crippen LogP contribution in [0.3, 0.4) is 0 Å². The van der Waals surface area contributed by atoms with Crippen LogP contribution in [0.2, 0.25) is 0 Å². The Morgan fingerprint density at radius 2 is 1.84 bits per heavy atom. The molecule has 0 bridgehead atoms. The van der Waals surface area contributed by atoms with E-state index in [0.29, 0.717) is 18.9 Å². The zero-order valence-corrected chi connectivity index (χ0v) is 20.1. The lowest BCUT2D eigenvalue weighted by Crippen LogP contribution is -2.44. The SMILES string of the molecule is CCNC(=NCC1CC(=O)N(CCc2ccccc2)C1)NCCCCN1CCN(C)CC1. The first kappa shape index (κ1) is 24.5. The Bertz CT molecular complexity index is 702. The van der Waals surface area contributed by atoms with Gasteiger partial charge >= 0.3 is 0 Å². The standard InChI is InChI=1S/C25H42N6O/c1-3-26-25(27-12-7-8-13-30-17-15-29(2)16-18-30)28-20-23-19-24(32)31(21-23)14-11-22-9-5-4-6-10-22/h4-6,9-10,23H,3,7-8,11-21H2,1-2H3,(H2,26,27,28). The molecule has 2 aliphatic heterocycles. The number of likely N-dealkylation sites (N-methyl/N-ethyl adjacent to an activating group) is 1. The lowest BCUT2D eigenvalue weighted by atomic mass is 10.1. The number of hydrogen-bond donors (Lipinski definition) is 2. The van der Waals surface area contributed by atoms with Gasteiger partial charge in [0, 0.05) is 71.2 Å². The molecule has 7 nitrogen and oxygen atoms in total. The van der Waals surface area contributed by atoms with Crippen LogP contribution in [0.1, 0.15) is 31.7 Å². The van der Waals surface area contributed by atoms with Gasteiger partial charge in [-0.1, -0.05) is 30.3 Å². The lowest BCUT2D eigenvalue weighted by Gasteiger charge is -2.32. The maximum atomic E-state index is 12.4. The minimum atomic E-state index is 0.267. The topological polar surface area (TPSA) is 63.2 Å². The highest BCUT2D eigenvalue weighted by atomic mass is 16.2. The van der Waals surface area contributed by atoms with E-state index in [9.17, 15) is 4.79 Å². The highest BCUT2D eigenvalue weighted by molar-refractivity contribution is 5.80. The zero-order valence-electron chi connectivity index (χ0n) is 20.1. The van der Waals surface area contributed by atoms with Gasteiger partial charge in [-0.05, 0) is 45.3 Å². The van der Waals surface area contributed by atoms with Crippen LogP contribution in [0.4, 0.5) is 0 Å². The Hall–Kier alpha value is -2.12. The third-order valence-corrected chi connectivity index (χ3v) is 6.45. The number of carbonyl (C=O) groups is 1. The summed E-state index contributed by atoms with van der Waals surface area (Å²) >= 11 is 0. The Morgan fingerprint density at radius 1 is 1.06 bits per heavy atom. The molecule has 2 saturated heterocycles. The molecule has 0 aromatic heterocycles. The van der Waals surface area contributed by atoms with Crippen molar-refractivity contribution in [3.05, 3.63) is 35.9 Å². The van der Waals surface area contributed by atoms with Crippen molar-refractivity contribution in [2.24, 2.45) is 10.9 Å². The monoisotopic (exact) mass is 442 g/mol. The second-order valence-electron chi connectivity index (χ2n) is 9.14. The number of amides is 1. The van der Waals surface area contributed by atoms with Crippen molar-refractivity contribution < 1.29 is 4.79 Å². The van der Waals surface area contributed by atoms with Crippen molar-refractivity contribution in [1.29, 1.82) is 0 Å². The van der Waals surface area contributed by atoms with Crippen LogP contribution in [0.5, 0.6) is 0 Å². The van der Waals surface area contributed by atoms with Crippen molar-refractivity contribution in [2.75, 3.05) is 72.5 Å². The molecule has 3 rings (SSSR count). The molecule has 178 valence electrons. The average molecular weight is 443 g/mol. The summed E-state index contributed by atoms with van der Waals surface area (Å²) in [5.74, 6) is 1.45. The molecular weight excluding hydrogens is 400 g/mol. The first-order valence-electron chi connectivity index (χ1n) is 12.4. The van der Waals surface area contributed by atoms with Gasteiger partial charge in [0.25, 0.3) is 0 Å². The summed E-state index contributed by atoms with van der Waals surface area (Å²) in [5, 5.41) is 6.82. The van der Waals surface area contributed by atoms with Gasteiger partial charge in [-0.25, -0.2) is 0 Å². The number of rotatable bonds is 11. The molecule has 0 spiro atoms. The number of piperazine rings is 1. The van der Waals surface area contributed by atoms with Crippen LogP contribution in [0.25, 0.3) is 0 Å². The predicted octanol–water partition coefficient (Wildman–Crippen LogP) is 1.66. The Kier molecular flexibility index (Phi) is 10.3. The van der Waals surface area contributed by atoms with Crippen molar-refractivity contribution in [3.8, 4) is 0 Å². The number of hydrogen-bond acceptors (Lipinski definition) is 4. The zero-order chi connectivity index (χ0) is 22.6. The van der Waals surface area contributed by atoms with Crippen LogP contribution in [-0.4, -0.2) is 99.1 Å². The van der Waals surface area contributed by atoms with E-state index in [2.05, 4.69) is 58.7 Å². The second kappa shape index (κ2) is 13.4. The molecule has 0 radical (unpaired) electrons. The Morgan fingerprint density at radius 3 is 2.59 bits per heavy atom. The molecule has 0 saturated carbocycles. The molecule has 7 heteroatoms. The highest BCUT2D eigenvalue weighted by Crippen LogP contribution is 2.18. The normalized spacial score (nSPS) is 20.7. The number of nitrogens with zero attached hydrogens (tertiary/aromatic N) is 4. The third-order valence-electron chi connectivity index (χ3n) is 6.45. The van der Waals surface area contributed by atoms with Crippen molar-refractivity contribution in [3.63, 3.8) is 0 Å². The molecule has 2 N–H and O–H groups in total. The fourth-order valence-electron chi connectivity index (χ4n) is 4.40. The van der Waals surface area contributed by atoms with Gasteiger partial charge in [-0.2, -0.15) is 0 Å². The first-order valence-corrected chi connectivity index (χ1v) is 12.4. The summed E-state index contributed by atoms with van der Waals surface area (Å²) in [6.45, 7) is 12.1. The molecule has 2 heterocycles. The maximum absolute atomic E-state index is 12.4. The first-order chi connectivity index (χ1) is 15.6. The van der Waals surface area contributed by atoms with Crippen LogP contribution < -0.4 is 10.6 Å². The van der Waals surface area contributed by atoms with Crippen LogP contribution >= 0.6 is 0 Å².